The summed E-state index contributed by atoms with van der Waals surface area (Å²) >= 11 is 0. The van der Waals surface area contributed by atoms with Crippen LogP contribution in [0.25, 0.3) is 0 Å². The summed E-state index contributed by atoms with van der Waals surface area (Å²) in [6.45, 7) is 3.87. The summed E-state index contributed by atoms with van der Waals surface area (Å²) in [5, 5.41) is 14.4. The second-order valence-corrected chi connectivity index (χ2v) is 5.40. The molecule has 0 heterocycles. The number of benzene rings is 1. The number of aryl methyl sites for hydroxylation is 1. The van der Waals surface area contributed by atoms with Crippen LogP contribution in [0, 0.1) is 12.8 Å². The molecule has 2 unspecified atom stereocenters. The highest BCUT2D eigenvalue weighted by molar-refractivity contribution is 5.83. The number of amides is 2. The van der Waals surface area contributed by atoms with E-state index in [0.29, 0.717) is 0 Å². The molecule has 1 fully saturated rings. The Kier molecular flexibility index (Phi) is 4.27. The zero-order valence-corrected chi connectivity index (χ0v) is 11.7. The largest absolute Gasteiger partial charge is 0.480 e. The van der Waals surface area contributed by atoms with Crippen LogP contribution in [-0.4, -0.2) is 23.1 Å². The molecule has 1 aliphatic rings. The van der Waals surface area contributed by atoms with Crippen molar-refractivity contribution in [3.05, 3.63) is 35.4 Å². The minimum atomic E-state index is -0.967. The maximum absolute atomic E-state index is 11.9. The van der Waals surface area contributed by atoms with Gasteiger partial charge in [0.25, 0.3) is 0 Å². The van der Waals surface area contributed by atoms with E-state index in [9.17, 15) is 9.59 Å². The Morgan fingerprint density at radius 3 is 2.30 bits per heavy atom. The predicted molar refractivity (Wildman–Crippen MR) is 75.4 cm³/mol. The van der Waals surface area contributed by atoms with Crippen LogP contribution in [0.1, 0.15) is 36.9 Å². The summed E-state index contributed by atoms with van der Waals surface area (Å²) in [4.78, 5) is 22.9. The van der Waals surface area contributed by atoms with Crippen molar-refractivity contribution in [1.29, 1.82) is 0 Å². The average Bonchev–Trinajstić information content (AvgIpc) is 3.20. The second kappa shape index (κ2) is 5.94. The van der Waals surface area contributed by atoms with Crippen LogP contribution in [0.4, 0.5) is 4.79 Å². The summed E-state index contributed by atoms with van der Waals surface area (Å²) in [5.41, 5.74) is 2.15. The van der Waals surface area contributed by atoms with Gasteiger partial charge in [0.15, 0.2) is 0 Å². The van der Waals surface area contributed by atoms with Crippen LogP contribution >= 0.6 is 0 Å². The summed E-state index contributed by atoms with van der Waals surface area (Å²) in [6, 6.07) is 6.50. The van der Waals surface area contributed by atoms with Crippen LogP contribution in [0.5, 0.6) is 0 Å². The third-order valence-electron chi connectivity index (χ3n) is 3.57. The number of urea groups is 1. The first-order valence-corrected chi connectivity index (χ1v) is 6.84. The van der Waals surface area contributed by atoms with E-state index in [2.05, 4.69) is 10.6 Å². The Morgan fingerprint density at radius 2 is 1.80 bits per heavy atom. The van der Waals surface area contributed by atoms with Crippen molar-refractivity contribution < 1.29 is 14.7 Å². The number of carboxylic acids is 1. The van der Waals surface area contributed by atoms with Gasteiger partial charge >= 0.3 is 12.0 Å². The first-order chi connectivity index (χ1) is 9.47. The molecule has 0 aromatic heterocycles. The molecule has 2 amide bonds. The monoisotopic (exact) mass is 276 g/mol. The van der Waals surface area contributed by atoms with Crippen molar-refractivity contribution in [3.8, 4) is 0 Å². The smallest absolute Gasteiger partial charge is 0.326 e. The minimum Gasteiger partial charge on any atom is -0.480 e. The molecule has 0 bridgehead atoms. The van der Waals surface area contributed by atoms with Gasteiger partial charge in [0, 0.05) is 0 Å². The number of rotatable bonds is 5. The van der Waals surface area contributed by atoms with Gasteiger partial charge in [0.05, 0.1) is 6.04 Å². The van der Waals surface area contributed by atoms with E-state index in [-0.39, 0.29) is 12.0 Å². The van der Waals surface area contributed by atoms with Gasteiger partial charge in [-0.15, -0.1) is 0 Å². The first kappa shape index (κ1) is 14.4. The lowest BCUT2D eigenvalue weighted by Crippen LogP contribution is -2.47. The maximum atomic E-state index is 11.9. The standard InChI is InChI=1S/C15H20N2O3/c1-9-3-5-11(6-4-9)10(2)16-15(20)17-13(14(18)19)12-7-8-12/h3-6,10,12-13H,7-8H2,1-2H3,(H,18,19)(H2,16,17,20). The molecule has 1 aromatic rings. The van der Waals surface area contributed by atoms with Gasteiger partial charge in [-0.2, -0.15) is 0 Å². The molecule has 108 valence electrons. The fourth-order valence-corrected chi connectivity index (χ4v) is 2.13. The van der Waals surface area contributed by atoms with Crippen molar-refractivity contribution in [3.63, 3.8) is 0 Å². The van der Waals surface area contributed by atoms with E-state index in [1.165, 1.54) is 0 Å². The molecule has 5 heteroatoms. The number of carbonyl (C=O) groups is 2. The Morgan fingerprint density at radius 1 is 1.20 bits per heavy atom. The molecule has 0 aliphatic heterocycles. The molecule has 20 heavy (non-hydrogen) atoms. The normalized spacial score (nSPS) is 17.1. The van der Waals surface area contributed by atoms with E-state index in [1.54, 1.807) is 0 Å². The molecular weight excluding hydrogens is 256 g/mol. The summed E-state index contributed by atoms with van der Waals surface area (Å²) in [7, 11) is 0. The van der Waals surface area contributed by atoms with Crippen LogP contribution < -0.4 is 10.6 Å². The van der Waals surface area contributed by atoms with E-state index in [4.69, 9.17) is 5.11 Å². The Labute approximate surface area is 118 Å². The number of hydrogen-bond donors (Lipinski definition) is 3. The molecule has 0 spiro atoms. The quantitative estimate of drug-likeness (QED) is 0.771. The third-order valence-corrected chi connectivity index (χ3v) is 3.57. The lowest BCUT2D eigenvalue weighted by atomic mass is 10.1. The van der Waals surface area contributed by atoms with Gasteiger partial charge in [-0.1, -0.05) is 29.8 Å². The molecule has 2 atom stereocenters. The van der Waals surface area contributed by atoms with Crippen molar-refractivity contribution in [2.45, 2.75) is 38.8 Å². The van der Waals surface area contributed by atoms with Gasteiger partial charge < -0.3 is 15.7 Å². The summed E-state index contributed by atoms with van der Waals surface area (Å²) in [6.07, 6.45) is 1.73. The lowest BCUT2D eigenvalue weighted by Gasteiger charge is -2.18. The summed E-state index contributed by atoms with van der Waals surface area (Å²) < 4.78 is 0. The summed E-state index contributed by atoms with van der Waals surface area (Å²) in [5.74, 6) is -0.890. The van der Waals surface area contributed by atoms with Gasteiger partial charge in [-0.25, -0.2) is 9.59 Å². The maximum Gasteiger partial charge on any atom is 0.326 e. The Hall–Kier alpha value is -2.04. The molecule has 2 rings (SSSR count). The lowest BCUT2D eigenvalue weighted by molar-refractivity contribution is -0.139. The van der Waals surface area contributed by atoms with Gasteiger partial charge in [0.1, 0.15) is 6.04 Å². The molecule has 5 nitrogen and oxygen atoms in total. The Balaban J connectivity index is 1.90. The highest BCUT2D eigenvalue weighted by atomic mass is 16.4. The van der Waals surface area contributed by atoms with Crippen LogP contribution in [0.3, 0.4) is 0 Å². The second-order valence-electron chi connectivity index (χ2n) is 5.40. The molecule has 1 aliphatic carbocycles. The number of nitrogens with one attached hydrogen (secondary N) is 2. The fraction of sp³-hybridized carbons (Fsp3) is 0.467. The van der Waals surface area contributed by atoms with Crippen molar-refractivity contribution in [2.24, 2.45) is 5.92 Å². The molecular formula is C15H20N2O3. The zero-order valence-electron chi connectivity index (χ0n) is 11.7. The SMILES string of the molecule is Cc1ccc(C(C)NC(=O)NC(C(=O)O)C2CC2)cc1. The topological polar surface area (TPSA) is 78.4 Å². The molecule has 0 saturated heterocycles. The van der Waals surface area contributed by atoms with E-state index >= 15 is 0 Å². The number of carboxylic acid groups (broad SMARTS) is 1. The predicted octanol–water partition coefficient (Wildman–Crippen LogP) is 2.22. The van der Waals surface area contributed by atoms with Crippen molar-refractivity contribution in [2.75, 3.05) is 0 Å². The highest BCUT2D eigenvalue weighted by Crippen LogP contribution is 2.32. The van der Waals surface area contributed by atoms with E-state index in [0.717, 1.165) is 24.0 Å². The molecule has 3 N–H and O–H groups in total. The fourth-order valence-electron chi connectivity index (χ4n) is 2.13. The van der Waals surface area contributed by atoms with Crippen LogP contribution in [-0.2, 0) is 4.79 Å². The van der Waals surface area contributed by atoms with Crippen LogP contribution in [0.15, 0.2) is 24.3 Å². The average molecular weight is 276 g/mol. The number of aliphatic carboxylic acids is 1. The van der Waals surface area contributed by atoms with Gasteiger partial charge in [-0.05, 0) is 38.2 Å². The molecule has 0 radical (unpaired) electrons. The van der Waals surface area contributed by atoms with E-state index < -0.39 is 18.0 Å². The number of hydrogen-bond acceptors (Lipinski definition) is 2. The van der Waals surface area contributed by atoms with Crippen molar-refractivity contribution >= 4 is 12.0 Å². The van der Waals surface area contributed by atoms with Crippen molar-refractivity contribution in [1.82, 2.24) is 10.6 Å². The third kappa shape index (κ3) is 3.73. The number of carbonyl (C=O) groups excluding carboxylic acids is 1. The highest BCUT2D eigenvalue weighted by Gasteiger charge is 2.37. The zero-order chi connectivity index (χ0) is 14.7. The van der Waals surface area contributed by atoms with Gasteiger partial charge in [0.2, 0.25) is 0 Å². The van der Waals surface area contributed by atoms with Gasteiger partial charge in [-0.3, -0.25) is 0 Å². The Bertz CT molecular complexity index is 494. The minimum absolute atomic E-state index is 0.0768. The molecule has 1 aromatic carbocycles. The van der Waals surface area contributed by atoms with Crippen LogP contribution in [0.2, 0.25) is 0 Å². The molecule has 1 saturated carbocycles. The first-order valence-electron chi connectivity index (χ1n) is 6.84. The van der Waals surface area contributed by atoms with E-state index in [1.807, 2.05) is 38.1 Å².